The molecule has 110 valence electrons. The lowest BCUT2D eigenvalue weighted by Gasteiger charge is -2.38. The van der Waals surface area contributed by atoms with Gasteiger partial charge in [-0.15, -0.1) is 0 Å². The van der Waals surface area contributed by atoms with E-state index in [0.29, 0.717) is 32.2 Å². The molecule has 3 aliphatic rings. The van der Waals surface area contributed by atoms with E-state index in [1.54, 1.807) is 8.61 Å². The molecule has 1 atom stereocenters. The maximum atomic E-state index is 12.4. The van der Waals surface area contributed by atoms with Gasteiger partial charge in [-0.05, 0) is 25.8 Å². The van der Waals surface area contributed by atoms with Crippen molar-refractivity contribution in [1.29, 1.82) is 0 Å². The minimum absolute atomic E-state index is 0.608. The largest absolute Gasteiger partial charge is 0.315 e. The Balaban J connectivity index is 1.57. The fourth-order valence-corrected chi connectivity index (χ4v) is 5.00. The molecule has 0 amide bonds. The third-order valence-corrected chi connectivity index (χ3v) is 6.58. The molecule has 3 heterocycles. The Hall–Kier alpha value is -0.210. The van der Waals surface area contributed by atoms with E-state index in [-0.39, 0.29) is 0 Å². The Kier molecular flexibility index (Phi) is 4.09. The number of rotatable bonds is 3. The normalized spacial score (nSPS) is 32.1. The Morgan fingerprint density at radius 1 is 0.895 bits per heavy atom. The Morgan fingerprint density at radius 2 is 1.53 bits per heavy atom. The quantitative estimate of drug-likeness (QED) is 0.747. The van der Waals surface area contributed by atoms with Gasteiger partial charge in [-0.2, -0.15) is 17.0 Å². The number of nitrogens with zero attached hydrogens (tertiary/aromatic N) is 3. The average molecular weight is 288 g/mol. The molecule has 0 aromatic rings. The van der Waals surface area contributed by atoms with Crippen LogP contribution in [-0.2, 0) is 10.2 Å². The lowest BCUT2D eigenvalue weighted by atomic mass is 10.2. The fraction of sp³-hybridized carbons (Fsp3) is 1.00. The average Bonchev–Trinajstić information content (AvgIpc) is 3.12. The molecule has 3 saturated heterocycles. The van der Waals surface area contributed by atoms with Crippen LogP contribution in [0, 0.1) is 0 Å². The van der Waals surface area contributed by atoms with Gasteiger partial charge in [-0.1, -0.05) is 0 Å². The predicted molar refractivity (Wildman–Crippen MR) is 74.1 cm³/mol. The van der Waals surface area contributed by atoms with Gasteiger partial charge in [0.25, 0.3) is 10.2 Å². The Labute approximate surface area is 115 Å². The first-order chi connectivity index (χ1) is 9.18. The summed E-state index contributed by atoms with van der Waals surface area (Å²) in [6.45, 7) is 6.60. The van der Waals surface area contributed by atoms with Crippen molar-refractivity contribution in [3.05, 3.63) is 0 Å². The standard InChI is InChI=1S/C12H24N4O2S/c17-19(18,15-5-1-2-6-15)16-9-7-14(8-10-16)12-3-4-13-11-12/h12-13H,1-11H2. The van der Waals surface area contributed by atoms with Crippen LogP contribution in [0.15, 0.2) is 0 Å². The van der Waals surface area contributed by atoms with E-state index >= 15 is 0 Å². The Morgan fingerprint density at radius 3 is 2.11 bits per heavy atom. The van der Waals surface area contributed by atoms with Gasteiger partial charge >= 0.3 is 0 Å². The molecule has 1 N–H and O–H groups in total. The summed E-state index contributed by atoms with van der Waals surface area (Å²) in [6, 6.07) is 0.608. The number of nitrogens with one attached hydrogen (secondary N) is 1. The molecule has 0 bridgehead atoms. The van der Waals surface area contributed by atoms with Crippen molar-refractivity contribution >= 4 is 10.2 Å². The van der Waals surface area contributed by atoms with Crippen molar-refractivity contribution < 1.29 is 8.42 Å². The van der Waals surface area contributed by atoms with E-state index in [2.05, 4.69) is 10.2 Å². The molecule has 0 aromatic carbocycles. The zero-order valence-corrected chi connectivity index (χ0v) is 12.2. The second-order valence-corrected chi connectivity index (χ2v) is 7.62. The molecule has 0 radical (unpaired) electrons. The summed E-state index contributed by atoms with van der Waals surface area (Å²) in [6.07, 6.45) is 3.21. The SMILES string of the molecule is O=S(=O)(N1CCCC1)N1CCN(C2CCNC2)CC1. The van der Waals surface area contributed by atoms with Crippen LogP contribution in [0.25, 0.3) is 0 Å². The molecule has 3 aliphatic heterocycles. The topological polar surface area (TPSA) is 55.9 Å². The molecule has 3 fully saturated rings. The first kappa shape index (κ1) is 13.8. The van der Waals surface area contributed by atoms with E-state index in [1.165, 1.54) is 6.42 Å². The minimum atomic E-state index is -3.18. The molecular weight excluding hydrogens is 264 g/mol. The van der Waals surface area contributed by atoms with Crippen molar-refractivity contribution in [2.24, 2.45) is 0 Å². The van der Waals surface area contributed by atoms with Crippen LogP contribution in [-0.4, -0.2) is 80.3 Å². The van der Waals surface area contributed by atoms with Crippen molar-refractivity contribution in [3.8, 4) is 0 Å². The van der Waals surface area contributed by atoms with Gasteiger partial charge < -0.3 is 5.32 Å². The van der Waals surface area contributed by atoms with Crippen LogP contribution in [0.5, 0.6) is 0 Å². The number of hydrogen-bond donors (Lipinski definition) is 1. The van der Waals surface area contributed by atoms with Crippen LogP contribution < -0.4 is 5.32 Å². The molecule has 0 aromatic heterocycles. The van der Waals surface area contributed by atoms with Gasteiger partial charge in [0, 0.05) is 51.9 Å². The van der Waals surface area contributed by atoms with E-state index in [9.17, 15) is 8.42 Å². The predicted octanol–water partition coefficient (Wildman–Crippen LogP) is -0.693. The van der Waals surface area contributed by atoms with Gasteiger partial charge in [-0.3, -0.25) is 4.90 Å². The van der Waals surface area contributed by atoms with E-state index < -0.39 is 10.2 Å². The second-order valence-electron chi connectivity index (χ2n) is 5.70. The van der Waals surface area contributed by atoms with Crippen LogP contribution in [0.4, 0.5) is 0 Å². The lowest BCUT2D eigenvalue weighted by molar-refractivity contribution is 0.141. The summed E-state index contributed by atoms with van der Waals surface area (Å²) >= 11 is 0. The molecule has 7 heteroatoms. The van der Waals surface area contributed by atoms with Crippen LogP contribution in [0.1, 0.15) is 19.3 Å². The van der Waals surface area contributed by atoms with E-state index in [1.807, 2.05) is 0 Å². The van der Waals surface area contributed by atoms with Crippen LogP contribution in [0.2, 0.25) is 0 Å². The number of hydrogen-bond acceptors (Lipinski definition) is 4. The van der Waals surface area contributed by atoms with Gasteiger partial charge in [0.05, 0.1) is 0 Å². The molecule has 6 nitrogen and oxygen atoms in total. The molecule has 3 rings (SSSR count). The molecule has 1 unspecified atom stereocenters. The van der Waals surface area contributed by atoms with Gasteiger partial charge in [0.1, 0.15) is 0 Å². The zero-order chi connectivity index (χ0) is 13.3. The monoisotopic (exact) mass is 288 g/mol. The molecule has 0 saturated carbocycles. The second kappa shape index (κ2) is 5.65. The first-order valence-corrected chi connectivity index (χ1v) is 8.77. The van der Waals surface area contributed by atoms with E-state index in [0.717, 1.165) is 39.0 Å². The van der Waals surface area contributed by atoms with Crippen molar-refractivity contribution in [2.45, 2.75) is 25.3 Å². The lowest BCUT2D eigenvalue weighted by Crippen LogP contribution is -2.55. The molecular formula is C12H24N4O2S. The van der Waals surface area contributed by atoms with E-state index in [4.69, 9.17) is 0 Å². The highest BCUT2D eigenvalue weighted by atomic mass is 32.2. The highest BCUT2D eigenvalue weighted by Gasteiger charge is 2.35. The molecule has 0 aliphatic carbocycles. The summed E-state index contributed by atoms with van der Waals surface area (Å²) in [5, 5.41) is 3.37. The number of piperazine rings is 1. The summed E-state index contributed by atoms with van der Waals surface area (Å²) < 4.78 is 28.2. The smallest absolute Gasteiger partial charge is 0.282 e. The fourth-order valence-electron chi connectivity index (χ4n) is 3.33. The zero-order valence-electron chi connectivity index (χ0n) is 11.4. The summed E-state index contributed by atoms with van der Waals surface area (Å²) in [4.78, 5) is 2.44. The molecule has 19 heavy (non-hydrogen) atoms. The van der Waals surface area contributed by atoms with Crippen molar-refractivity contribution in [3.63, 3.8) is 0 Å². The third-order valence-electron chi connectivity index (χ3n) is 4.54. The first-order valence-electron chi connectivity index (χ1n) is 7.38. The third kappa shape index (κ3) is 2.80. The van der Waals surface area contributed by atoms with Gasteiger partial charge in [0.2, 0.25) is 0 Å². The Bertz CT molecular complexity index is 394. The van der Waals surface area contributed by atoms with Gasteiger partial charge in [-0.25, -0.2) is 0 Å². The highest BCUT2D eigenvalue weighted by molar-refractivity contribution is 7.86. The summed E-state index contributed by atoms with van der Waals surface area (Å²) in [5.74, 6) is 0. The van der Waals surface area contributed by atoms with Crippen molar-refractivity contribution in [2.75, 3.05) is 52.4 Å². The maximum Gasteiger partial charge on any atom is 0.282 e. The maximum absolute atomic E-state index is 12.4. The summed E-state index contributed by atoms with van der Waals surface area (Å²) in [7, 11) is -3.18. The molecule has 0 spiro atoms. The van der Waals surface area contributed by atoms with Crippen LogP contribution >= 0.6 is 0 Å². The minimum Gasteiger partial charge on any atom is -0.315 e. The van der Waals surface area contributed by atoms with Crippen LogP contribution in [0.3, 0.4) is 0 Å². The highest BCUT2D eigenvalue weighted by Crippen LogP contribution is 2.19. The summed E-state index contributed by atoms with van der Waals surface area (Å²) in [5.41, 5.74) is 0. The van der Waals surface area contributed by atoms with Gasteiger partial charge in [0.15, 0.2) is 0 Å². The van der Waals surface area contributed by atoms with Crippen molar-refractivity contribution in [1.82, 2.24) is 18.8 Å².